The number of carbonyl (C=O) groups is 2. The van der Waals surface area contributed by atoms with E-state index in [-0.39, 0.29) is 11.9 Å². The zero-order valence-electron chi connectivity index (χ0n) is 11.7. The molecule has 22 heavy (non-hydrogen) atoms. The second-order valence-corrected chi connectivity index (χ2v) is 5.33. The third-order valence-corrected chi connectivity index (χ3v) is 3.63. The Morgan fingerprint density at radius 2 is 1.95 bits per heavy atom. The van der Waals surface area contributed by atoms with Crippen LogP contribution in [0.1, 0.15) is 10.4 Å². The van der Waals surface area contributed by atoms with Crippen LogP contribution in [-0.2, 0) is 0 Å². The Bertz CT molecular complexity index is 716. The summed E-state index contributed by atoms with van der Waals surface area (Å²) >= 11 is 5.81. The Hall–Kier alpha value is -2.53. The maximum absolute atomic E-state index is 12.2. The van der Waals surface area contributed by atoms with Gasteiger partial charge in [0.05, 0.1) is 0 Å². The average molecular weight is 316 g/mol. The molecule has 2 aromatic rings. The average Bonchev–Trinajstić information content (AvgIpc) is 2.94. The van der Waals surface area contributed by atoms with E-state index in [0.29, 0.717) is 29.4 Å². The summed E-state index contributed by atoms with van der Waals surface area (Å²) < 4.78 is 0. The van der Waals surface area contributed by atoms with E-state index in [1.165, 1.54) is 0 Å². The molecule has 0 aromatic heterocycles. The highest BCUT2D eigenvalue weighted by molar-refractivity contribution is 6.30. The van der Waals surface area contributed by atoms with Crippen LogP contribution in [0.25, 0.3) is 0 Å². The predicted octanol–water partition coefficient (Wildman–Crippen LogP) is 3.12. The molecule has 0 unspecified atom stereocenters. The Kier molecular flexibility index (Phi) is 3.98. The van der Waals surface area contributed by atoms with Crippen LogP contribution in [0.4, 0.5) is 16.2 Å². The predicted molar refractivity (Wildman–Crippen MR) is 86.6 cm³/mol. The normalized spacial score (nSPS) is 13.9. The lowest BCUT2D eigenvalue weighted by atomic mass is 10.2. The van der Waals surface area contributed by atoms with Crippen molar-refractivity contribution in [2.45, 2.75) is 0 Å². The topological polar surface area (TPSA) is 61.4 Å². The van der Waals surface area contributed by atoms with Crippen molar-refractivity contribution in [2.24, 2.45) is 0 Å². The minimum absolute atomic E-state index is 0.124. The number of nitrogens with zero attached hydrogens (tertiary/aromatic N) is 1. The number of rotatable bonds is 3. The number of urea groups is 1. The van der Waals surface area contributed by atoms with E-state index in [1.807, 2.05) is 6.07 Å². The number of halogens is 1. The molecule has 3 amide bonds. The quantitative estimate of drug-likeness (QED) is 0.914. The first kappa shape index (κ1) is 14.4. The lowest BCUT2D eigenvalue weighted by molar-refractivity contribution is 0.102. The number of amides is 3. The van der Waals surface area contributed by atoms with E-state index in [2.05, 4.69) is 10.6 Å². The largest absolute Gasteiger partial charge is 0.336 e. The molecule has 0 atom stereocenters. The van der Waals surface area contributed by atoms with Crippen molar-refractivity contribution in [3.05, 3.63) is 59.1 Å². The number of carbonyl (C=O) groups excluding carboxylic acids is 2. The van der Waals surface area contributed by atoms with Crippen LogP contribution in [-0.4, -0.2) is 25.0 Å². The minimum Gasteiger partial charge on any atom is -0.336 e. The van der Waals surface area contributed by atoms with Gasteiger partial charge in [0, 0.05) is 35.1 Å². The van der Waals surface area contributed by atoms with Crippen LogP contribution in [0.2, 0.25) is 5.02 Å². The van der Waals surface area contributed by atoms with Crippen molar-refractivity contribution in [3.8, 4) is 0 Å². The van der Waals surface area contributed by atoms with Gasteiger partial charge in [0.2, 0.25) is 0 Å². The Morgan fingerprint density at radius 1 is 1.18 bits per heavy atom. The van der Waals surface area contributed by atoms with E-state index in [1.54, 1.807) is 47.4 Å². The summed E-state index contributed by atoms with van der Waals surface area (Å²) in [6, 6.07) is 13.7. The summed E-state index contributed by atoms with van der Waals surface area (Å²) in [5.74, 6) is -0.223. The van der Waals surface area contributed by atoms with Crippen LogP contribution in [0.5, 0.6) is 0 Å². The van der Waals surface area contributed by atoms with Gasteiger partial charge in [-0.25, -0.2) is 4.79 Å². The Morgan fingerprint density at radius 3 is 2.64 bits per heavy atom. The molecule has 1 heterocycles. The summed E-state index contributed by atoms with van der Waals surface area (Å²) in [5, 5.41) is 6.14. The molecule has 0 saturated carbocycles. The van der Waals surface area contributed by atoms with Crippen molar-refractivity contribution in [3.63, 3.8) is 0 Å². The van der Waals surface area contributed by atoms with Gasteiger partial charge in [0.15, 0.2) is 0 Å². The second kappa shape index (κ2) is 6.07. The lowest BCUT2D eigenvalue weighted by Gasteiger charge is -2.15. The van der Waals surface area contributed by atoms with Crippen LogP contribution in [0.3, 0.4) is 0 Å². The number of anilines is 2. The van der Waals surface area contributed by atoms with Crippen molar-refractivity contribution in [1.82, 2.24) is 5.32 Å². The van der Waals surface area contributed by atoms with Gasteiger partial charge >= 0.3 is 6.03 Å². The molecule has 0 radical (unpaired) electrons. The van der Waals surface area contributed by atoms with Crippen LogP contribution < -0.4 is 15.5 Å². The highest BCUT2D eigenvalue weighted by atomic mass is 35.5. The number of nitrogens with one attached hydrogen (secondary N) is 2. The van der Waals surface area contributed by atoms with Gasteiger partial charge in [-0.1, -0.05) is 17.7 Å². The molecule has 0 spiro atoms. The number of hydrogen-bond donors (Lipinski definition) is 2. The van der Waals surface area contributed by atoms with E-state index >= 15 is 0 Å². The summed E-state index contributed by atoms with van der Waals surface area (Å²) in [4.78, 5) is 25.5. The van der Waals surface area contributed by atoms with Gasteiger partial charge in [0.1, 0.15) is 0 Å². The Balaban J connectivity index is 1.76. The first-order chi connectivity index (χ1) is 10.6. The molecule has 1 saturated heterocycles. The Labute approximate surface area is 132 Å². The third kappa shape index (κ3) is 3.04. The molecule has 2 aromatic carbocycles. The summed E-state index contributed by atoms with van der Waals surface area (Å²) in [5.41, 5.74) is 1.91. The highest BCUT2D eigenvalue weighted by Crippen LogP contribution is 2.21. The van der Waals surface area contributed by atoms with E-state index in [9.17, 15) is 9.59 Å². The number of hydrogen-bond acceptors (Lipinski definition) is 2. The fraction of sp³-hybridized carbons (Fsp3) is 0.125. The zero-order valence-corrected chi connectivity index (χ0v) is 12.4. The monoisotopic (exact) mass is 315 g/mol. The second-order valence-electron chi connectivity index (χ2n) is 4.89. The number of benzene rings is 2. The molecule has 2 N–H and O–H groups in total. The SMILES string of the molecule is O=C(Nc1cccc(N2CCNC2=O)c1)c1ccc(Cl)cc1. The lowest BCUT2D eigenvalue weighted by Crippen LogP contribution is -2.27. The van der Waals surface area contributed by atoms with Crippen molar-refractivity contribution >= 4 is 34.9 Å². The molecule has 1 aliphatic heterocycles. The molecule has 0 aliphatic carbocycles. The first-order valence-electron chi connectivity index (χ1n) is 6.86. The molecule has 112 valence electrons. The molecule has 1 fully saturated rings. The molecular weight excluding hydrogens is 302 g/mol. The highest BCUT2D eigenvalue weighted by Gasteiger charge is 2.21. The van der Waals surface area contributed by atoms with Gasteiger partial charge in [-0.05, 0) is 42.5 Å². The third-order valence-electron chi connectivity index (χ3n) is 3.38. The minimum atomic E-state index is -0.223. The molecule has 6 heteroatoms. The van der Waals surface area contributed by atoms with Crippen molar-refractivity contribution in [1.29, 1.82) is 0 Å². The van der Waals surface area contributed by atoms with Gasteiger partial charge in [-0.3, -0.25) is 9.69 Å². The molecule has 3 rings (SSSR count). The molecule has 1 aliphatic rings. The first-order valence-corrected chi connectivity index (χ1v) is 7.23. The van der Waals surface area contributed by atoms with Crippen molar-refractivity contribution < 1.29 is 9.59 Å². The zero-order chi connectivity index (χ0) is 15.5. The van der Waals surface area contributed by atoms with Crippen molar-refractivity contribution in [2.75, 3.05) is 23.3 Å². The molecule has 0 bridgehead atoms. The molecule has 5 nitrogen and oxygen atoms in total. The summed E-state index contributed by atoms with van der Waals surface area (Å²) in [7, 11) is 0. The van der Waals surface area contributed by atoms with Gasteiger partial charge in [-0.2, -0.15) is 0 Å². The molecular formula is C16H14ClN3O2. The van der Waals surface area contributed by atoms with E-state index < -0.39 is 0 Å². The summed E-state index contributed by atoms with van der Waals surface area (Å²) in [6.45, 7) is 1.24. The summed E-state index contributed by atoms with van der Waals surface area (Å²) in [6.07, 6.45) is 0. The van der Waals surface area contributed by atoms with E-state index in [0.717, 1.165) is 5.69 Å². The standard InChI is InChI=1S/C16H14ClN3O2/c17-12-6-4-11(5-7-12)15(21)19-13-2-1-3-14(10-13)20-9-8-18-16(20)22/h1-7,10H,8-9H2,(H,18,22)(H,19,21). The van der Waals surface area contributed by atoms with Gasteiger partial charge in [-0.15, -0.1) is 0 Å². The fourth-order valence-corrected chi connectivity index (χ4v) is 2.40. The maximum atomic E-state index is 12.2. The smallest absolute Gasteiger partial charge is 0.321 e. The van der Waals surface area contributed by atoms with Gasteiger partial charge < -0.3 is 10.6 Å². The fourth-order valence-electron chi connectivity index (χ4n) is 2.27. The van der Waals surface area contributed by atoms with E-state index in [4.69, 9.17) is 11.6 Å². The maximum Gasteiger partial charge on any atom is 0.321 e. The van der Waals surface area contributed by atoms with Crippen LogP contribution in [0, 0.1) is 0 Å². The van der Waals surface area contributed by atoms with Crippen LogP contribution >= 0.6 is 11.6 Å². The van der Waals surface area contributed by atoms with Crippen LogP contribution in [0.15, 0.2) is 48.5 Å². The van der Waals surface area contributed by atoms with Gasteiger partial charge in [0.25, 0.3) is 5.91 Å².